The van der Waals surface area contributed by atoms with Crippen LogP contribution in [-0.4, -0.2) is 4.98 Å². The minimum absolute atomic E-state index is 0.668. The smallest absolute Gasteiger partial charge is 0.247 e. The Bertz CT molecular complexity index is 780. The molecule has 0 saturated heterocycles. The third kappa shape index (κ3) is 17.3. The molecule has 0 aliphatic rings. The second-order valence-corrected chi connectivity index (χ2v) is 12.7. The first-order chi connectivity index (χ1) is 19.8. The van der Waals surface area contributed by atoms with E-state index in [-0.39, 0.29) is 0 Å². The zero-order valence-corrected chi connectivity index (χ0v) is 27.0. The van der Waals surface area contributed by atoms with Crippen LogP contribution in [0.25, 0.3) is 0 Å². The zero-order chi connectivity index (χ0) is 28.4. The molecular formula is C38H67N2+. The lowest BCUT2D eigenvalue weighted by atomic mass is 9.93. The number of nitrogens with zero attached hydrogens (tertiary/aromatic N) is 1. The number of H-pyrrole nitrogens is 1. The van der Waals surface area contributed by atoms with Crippen LogP contribution in [0.5, 0.6) is 0 Å². The van der Waals surface area contributed by atoms with Crippen LogP contribution >= 0.6 is 0 Å². The topological polar surface area (TPSA) is 19.7 Å². The van der Waals surface area contributed by atoms with E-state index in [9.17, 15) is 0 Å². The molecule has 1 N–H and O–H groups in total. The van der Waals surface area contributed by atoms with Gasteiger partial charge >= 0.3 is 0 Å². The molecule has 1 aromatic carbocycles. The highest BCUT2D eigenvalue weighted by atomic mass is 15.1. The van der Waals surface area contributed by atoms with Gasteiger partial charge in [-0.15, -0.1) is 0 Å². The third-order valence-electron chi connectivity index (χ3n) is 8.94. The number of nitrogens with one attached hydrogen (secondary N) is 1. The minimum atomic E-state index is 0.668. The molecule has 0 spiro atoms. The van der Waals surface area contributed by atoms with Gasteiger partial charge in [-0.1, -0.05) is 192 Å². The Balaban J connectivity index is 1.58. The first-order valence-electron chi connectivity index (χ1n) is 18.0. The predicted molar refractivity (Wildman–Crippen MR) is 176 cm³/mol. The van der Waals surface area contributed by atoms with Gasteiger partial charge in [0.2, 0.25) is 0 Å². The number of imidazole rings is 1. The average Bonchev–Trinajstić information content (AvgIpc) is 3.43. The van der Waals surface area contributed by atoms with Gasteiger partial charge in [0.15, 0.2) is 0 Å². The van der Waals surface area contributed by atoms with E-state index in [1.54, 1.807) is 0 Å². The molecule has 40 heavy (non-hydrogen) atoms. The maximum atomic E-state index is 3.66. The number of aromatic nitrogens is 2. The minimum Gasteiger partial charge on any atom is -0.247 e. The summed E-state index contributed by atoms with van der Waals surface area (Å²) in [4.78, 5) is 3.66. The van der Waals surface area contributed by atoms with Crippen LogP contribution in [0.15, 0.2) is 42.7 Å². The number of hydrogen-bond acceptors (Lipinski definition) is 0. The molecule has 0 bridgehead atoms. The summed E-state index contributed by atoms with van der Waals surface area (Å²) in [6.45, 7) is 5.59. The van der Waals surface area contributed by atoms with E-state index in [1.807, 2.05) is 0 Å². The number of benzene rings is 1. The zero-order valence-electron chi connectivity index (χ0n) is 27.0. The Morgan fingerprint density at radius 3 is 1.35 bits per heavy atom. The van der Waals surface area contributed by atoms with Crippen LogP contribution in [0.2, 0.25) is 0 Å². The second-order valence-electron chi connectivity index (χ2n) is 12.7. The molecule has 2 nitrogen and oxygen atoms in total. The Hall–Kier alpha value is -1.57. The van der Waals surface area contributed by atoms with Crippen LogP contribution in [0.4, 0.5) is 0 Å². The van der Waals surface area contributed by atoms with Crippen LogP contribution in [-0.2, 0) is 6.54 Å². The van der Waals surface area contributed by atoms with Gasteiger partial charge in [-0.2, -0.15) is 0 Å². The summed E-state index contributed by atoms with van der Waals surface area (Å²) >= 11 is 0. The van der Waals surface area contributed by atoms with Crippen molar-refractivity contribution in [3.8, 4) is 0 Å². The lowest BCUT2D eigenvalue weighted by Gasteiger charge is -2.14. The van der Waals surface area contributed by atoms with E-state index >= 15 is 0 Å². The molecule has 0 saturated carbocycles. The van der Waals surface area contributed by atoms with Crippen molar-refractivity contribution in [1.29, 1.82) is 0 Å². The van der Waals surface area contributed by atoms with Gasteiger partial charge in [0, 0.05) is 0 Å². The summed E-state index contributed by atoms with van der Waals surface area (Å²) in [7, 11) is 0. The Morgan fingerprint density at radius 1 is 0.525 bits per heavy atom. The highest BCUT2D eigenvalue weighted by molar-refractivity contribution is 5.13. The van der Waals surface area contributed by atoms with Gasteiger partial charge in [-0.25, -0.2) is 9.55 Å². The van der Waals surface area contributed by atoms with Crippen LogP contribution < -0.4 is 4.57 Å². The summed E-state index contributed by atoms with van der Waals surface area (Å²) in [6.07, 6.45) is 40.0. The van der Waals surface area contributed by atoms with Crippen LogP contribution in [0.1, 0.15) is 192 Å². The van der Waals surface area contributed by atoms with Gasteiger partial charge in [0.1, 0.15) is 18.9 Å². The number of unbranched alkanes of at least 4 members (excludes halogenated alkanes) is 21. The van der Waals surface area contributed by atoms with Gasteiger partial charge in [-0.3, -0.25) is 0 Å². The molecule has 1 heterocycles. The fourth-order valence-corrected chi connectivity index (χ4v) is 6.35. The fourth-order valence-electron chi connectivity index (χ4n) is 6.35. The van der Waals surface area contributed by atoms with Crippen molar-refractivity contribution in [1.82, 2.24) is 4.98 Å². The van der Waals surface area contributed by atoms with E-state index in [0.29, 0.717) is 5.92 Å². The largest absolute Gasteiger partial charge is 0.257 e. The highest BCUT2D eigenvalue weighted by Crippen LogP contribution is 2.26. The van der Waals surface area contributed by atoms with Crippen molar-refractivity contribution in [2.24, 2.45) is 0 Å². The molecule has 1 aromatic heterocycles. The summed E-state index contributed by atoms with van der Waals surface area (Å²) in [5.41, 5.74) is 1.39. The second kappa shape index (κ2) is 25.2. The van der Waals surface area contributed by atoms with Gasteiger partial charge in [-0.05, 0) is 18.4 Å². The van der Waals surface area contributed by atoms with E-state index < -0.39 is 0 Å². The third-order valence-corrected chi connectivity index (χ3v) is 8.94. The molecule has 228 valence electrons. The SMILES string of the molecule is CCCCCCCCCCCCCCCCCCC[C@H](CCCCCCCC)c1[nH]cc[n+]1Cc1ccccc1. The van der Waals surface area contributed by atoms with Crippen molar-refractivity contribution in [2.75, 3.05) is 0 Å². The maximum absolute atomic E-state index is 3.66. The van der Waals surface area contributed by atoms with E-state index in [1.165, 1.54) is 172 Å². The van der Waals surface area contributed by atoms with Crippen molar-refractivity contribution in [3.05, 3.63) is 54.1 Å². The number of rotatable bonds is 28. The van der Waals surface area contributed by atoms with E-state index in [2.05, 4.69) is 66.1 Å². The van der Waals surface area contributed by atoms with Gasteiger partial charge in [0.25, 0.3) is 5.82 Å². The summed E-state index contributed by atoms with van der Waals surface area (Å²) in [5.74, 6) is 2.12. The quantitative estimate of drug-likeness (QED) is 0.0801. The first kappa shape index (κ1) is 34.6. The van der Waals surface area contributed by atoms with Crippen molar-refractivity contribution in [2.45, 2.75) is 187 Å². The summed E-state index contributed by atoms with van der Waals surface area (Å²) < 4.78 is 2.48. The van der Waals surface area contributed by atoms with Crippen molar-refractivity contribution in [3.63, 3.8) is 0 Å². The molecular weight excluding hydrogens is 484 g/mol. The molecule has 2 rings (SSSR count). The van der Waals surface area contributed by atoms with Crippen LogP contribution in [0, 0.1) is 0 Å². The monoisotopic (exact) mass is 552 g/mol. The highest BCUT2D eigenvalue weighted by Gasteiger charge is 2.22. The lowest BCUT2D eigenvalue weighted by molar-refractivity contribution is -0.695. The molecule has 0 aliphatic heterocycles. The molecule has 0 fully saturated rings. The molecule has 2 aromatic rings. The fraction of sp³-hybridized carbons (Fsp3) is 0.763. The maximum Gasteiger partial charge on any atom is 0.257 e. The van der Waals surface area contributed by atoms with Crippen molar-refractivity contribution >= 4 is 0 Å². The first-order valence-corrected chi connectivity index (χ1v) is 18.0. The molecule has 2 heteroatoms. The number of hydrogen-bond donors (Lipinski definition) is 1. The Labute approximate surface area is 250 Å². The summed E-state index contributed by atoms with van der Waals surface area (Å²) in [5, 5.41) is 0. The average molecular weight is 552 g/mol. The van der Waals surface area contributed by atoms with Gasteiger partial charge in [0.05, 0.1) is 5.92 Å². The van der Waals surface area contributed by atoms with Crippen molar-refractivity contribution < 1.29 is 4.57 Å². The van der Waals surface area contributed by atoms with Gasteiger partial charge < -0.3 is 0 Å². The normalized spacial score (nSPS) is 12.2. The molecule has 0 radical (unpaired) electrons. The Morgan fingerprint density at radius 2 is 0.925 bits per heavy atom. The summed E-state index contributed by atoms with van der Waals surface area (Å²) in [6, 6.07) is 10.9. The predicted octanol–water partition coefficient (Wildman–Crippen LogP) is 12.2. The molecule has 0 aliphatic carbocycles. The van der Waals surface area contributed by atoms with E-state index in [4.69, 9.17) is 0 Å². The molecule has 1 atom stereocenters. The lowest BCUT2D eigenvalue weighted by Crippen LogP contribution is -2.38. The molecule has 0 unspecified atom stereocenters. The van der Waals surface area contributed by atoms with E-state index in [0.717, 1.165) is 6.54 Å². The molecule has 0 amide bonds. The number of aromatic amines is 1. The van der Waals surface area contributed by atoms with Crippen LogP contribution in [0.3, 0.4) is 0 Å². The standard InChI is InChI=1S/C38H66N2/c1-3-5-7-9-11-12-13-14-15-16-17-18-19-20-21-23-28-32-37(31-27-22-10-8-6-4-2)38-39-33-34-40(38)35-36-29-25-24-26-30-36/h24-26,29-30,33-34,37H,3-23,27-28,31-32,35H2,1-2H3/p+1/t37-/m0/s1. The Kier molecular flexibility index (Phi) is 21.8.